The van der Waals surface area contributed by atoms with Gasteiger partial charge in [-0.15, -0.1) is 0 Å². The third-order valence-corrected chi connectivity index (χ3v) is 5.31. The number of ether oxygens (including phenoxy) is 1. The number of pyridine rings is 1. The fourth-order valence-electron chi connectivity index (χ4n) is 3.89. The number of aryl methyl sites for hydroxylation is 1. The standard InChI is InChI=1S/C22H27N7O2/c1-22(2,3)31-21(30)26-18-5-7-28(8-6-18)19-9-15(17-12-24-27(4)13-17)14-29-20(19)16(10-23)11-25-29/h9,11-14,18H,5-8H2,1-4H3,(H,26,30). The summed E-state index contributed by atoms with van der Waals surface area (Å²) in [7, 11) is 1.88. The van der Waals surface area contributed by atoms with Gasteiger partial charge in [0.05, 0.1) is 23.6 Å². The molecule has 1 aliphatic rings. The van der Waals surface area contributed by atoms with E-state index in [2.05, 4.69) is 32.5 Å². The molecular formula is C22H27N7O2. The van der Waals surface area contributed by atoms with E-state index >= 15 is 0 Å². The van der Waals surface area contributed by atoms with Crippen molar-refractivity contribution in [2.45, 2.75) is 45.3 Å². The maximum Gasteiger partial charge on any atom is 0.407 e. The highest BCUT2D eigenvalue weighted by Crippen LogP contribution is 2.32. The van der Waals surface area contributed by atoms with Crippen molar-refractivity contribution in [2.24, 2.45) is 7.05 Å². The molecule has 0 bridgehead atoms. The molecular weight excluding hydrogens is 394 g/mol. The Hall–Kier alpha value is -3.54. The van der Waals surface area contributed by atoms with Crippen molar-refractivity contribution in [3.63, 3.8) is 0 Å². The molecule has 1 amide bonds. The van der Waals surface area contributed by atoms with Gasteiger partial charge in [-0.3, -0.25) is 4.68 Å². The summed E-state index contributed by atoms with van der Waals surface area (Å²) in [6.07, 6.45) is 8.50. The van der Waals surface area contributed by atoms with E-state index in [0.29, 0.717) is 5.56 Å². The lowest BCUT2D eigenvalue weighted by Gasteiger charge is -2.34. The second-order valence-electron chi connectivity index (χ2n) is 8.89. The molecule has 9 heteroatoms. The van der Waals surface area contributed by atoms with Crippen molar-refractivity contribution >= 4 is 17.3 Å². The summed E-state index contributed by atoms with van der Waals surface area (Å²) in [5, 5.41) is 21.2. The number of rotatable bonds is 3. The number of alkyl carbamates (subject to hydrolysis) is 1. The molecule has 0 unspecified atom stereocenters. The maximum absolute atomic E-state index is 12.1. The van der Waals surface area contributed by atoms with Gasteiger partial charge in [0, 0.05) is 49.7 Å². The van der Waals surface area contributed by atoms with Crippen LogP contribution >= 0.6 is 0 Å². The highest BCUT2D eigenvalue weighted by molar-refractivity contribution is 5.83. The zero-order valence-electron chi connectivity index (χ0n) is 18.3. The zero-order chi connectivity index (χ0) is 22.2. The van der Waals surface area contributed by atoms with Crippen molar-refractivity contribution in [1.82, 2.24) is 24.7 Å². The largest absolute Gasteiger partial charge is 0.444 e. The van der Waals surface area contributed by atoms with E-state index in [1.165, 1.54) is 0 Å². The molecule has 1 N–H and O–H groups in total. The quantitative estimate of drug-likeness (QED) is 0.697. The predicted molar refractivity (Wildman–Crippen MR) is 117 cm³/mol. The number of carbonyl (C=O) groups is 1. The molecule has 0 radical (unpaired) electrons. The van der Waals surface area contributed by atoms with E-state index in [9.17, 15) is 10.1 Å². The molecule has 1 fully saturated rings. The monoisotopic (exact) mass is 421 g/mol. The minimum atomic E-state index is -0.515. The maximum atomic E-state index is 12.1. The van der Waals surface area contributed by atoms with Gasteiger partial charge in [-0.05, 0) is 39.7 Å². The summed E-state index contributed by atoms with van der Waals surface area (Å²) >= 11 is 0. The van der Waals surface area contributed by atoms with Crippen molar-refractivity contribution in [1.29, 1.82) is 5.26 Å². The molecule has 4 heterocycles. The Bertz CT molecular complexity index is 1140. The van der Waals surface area contributed by atoms with Gasteiger partial charge in [0.1, 0.15) is 17.2 Å². The Morgan fingerprint density at radius 1 is 1.19 bits per heavy atom. The van der Waals surface area contributed by atoms with Gasteiger partial charge in [-0.25, -0.2) is 9.31 Å². The summed E-state index contributed by atoms with van der Waals surface area (Å²) in [4.78, 5) is 14.4. The molecule has 1 aliphatic heterocycles. The van der Waals surface area contributed by atoms with Crippen molar-refractivity contribution in [3.8, 4) is 17.2 Å². The lowest BCUT2D eigenvalue weighted by atomic mass is 10.0. The molecule has 3 aromatic heterocycles. The van der Waals surface area contributed by atoms with Gasteiger partial charge in [-0.2, -0.15) is 15.5 Å². The molecule has 0 aromatic carbocycles. The number of fused-ring (bicyclic) bond motifs is 1. The minimum Gasteiger partial charge on any atom is -0.444 e. The van der Waals surface area contributed by atoms with E-state index in [-0.39, 0.29) is 12.1 Å². The first-order valence-corrected chi connectivity index (χ1v) is 10.4. The van der Waals surface area contributed by atoms with Crippen LogP contribution in [0.15, 0.2) is 30.9 Å². The van der Waals surface area contributed by atoms with Crippen LogP contribution in [0.4, 0.5) is 10.5 Å². The van der Waals surface area contributed by atoms with Crippen LogP contribution in [0.5, 0.6) is 0 Å². The fourth-order valence-corrected chi connectivity index (χ4v) is 3.89. The van der Waals surface area contributed by atoms with E-state index < -0.39 is 5.60 Å². The molecule has 0 spiro atoms. The van der Waals surface area contributed by atoms with Crippen molar-refractivity contribution in [2.75, 3.05) is 18.0 Å². The molecule has 31 heavy (non-hydrogen) atoms. The molecule has 162 valence electrons. The average Bonchev–Trinajstić information content (AvgIpc) is 3.32. The zero-order valence-corrected chi connectivity index (χ0v) is 18.3. The predicted octanol–water partition coefficient (Wildman–Crippen LogP) is 3.10. The number of aromatic nitrogens is 4. The van der Waals surface area contributed by atoms with E-state index in [0.717, 1.165) is 48.3 Å². The number of nitrogens with one attached hydrogen (secondary N) is 1. The van der Waals surface area contributed by atoms with Crippen molar-refractivity contribution < 1.29 is 9.53 Å². The average molecular weight is 422 g/mol. The van der Waals surface area contributed by atoms with Crippen LogP contribution in [0.25, 0.3) is 16.6 Å². The second kappa shape index (κ2) is 7.95. The Balaban J connectivity index is 1.57. The van der Waals surface area contributed by atoms with Crippen LogP contribution in [0.3, 0.4) is 0 Å². The van der Waals surface area contributed by atoms with Crippen LogP contribution in [-0.2, 0) is 11.8 Å². The highest BCUT2D eigenvalue weighted by Gasteiger charge is 2.26. The van der Waals surface area contributed by atoms with Gasteiger partial charge >= 0.3 is 6.09 Å². The normalized spacial score (nSPS) is 15.1. The summed E-state index contributed by atoms with van der Waals surface area (Å²) in [5.74, 6) is 0. The number of piperidine rings is 1. The Morgan fingerprint density at radius 2 is 1.94 bits per heavy atom. The molecule has 9 nitrogen and oxygen atoms in total. The lowest BCUT2D eigenvalue weighted by molar-refractivity contribution is 0.0497. The van der Waals surface area contributed by atoms with Crippen LogP contribution in [0, 0.1) is 11.3 Å². The van der Waals surface area contributed by atoms with Gasteiger partial charge in [0.15, 0.2) is 0 Å². The van der Waals surface area contributed by atoms with Crippen LogP contribution in [0.2, 0.25) is 0 Å². The minimum absolute atomic E-state index is 0.0592. The Kier molecular flexibility index (Phi) is 5.31. The van der Waals surface area contributed by atoms with E-state index in [1.807, 2.05) is 46.4 Å². The molecule has 4 rings (SSSR count). The van der Waals surface area contributed by atoms with Gasteiger partial charge in [0.25, 0.3) is 0 Å². The molecule has 3 aromatic rings. The van der Waals surface area contributed by atoms with E-state index in [4.69, 9.17) is 4.74 Å². The van der Waals surface area contributed by atoms with Gasteiger partial charge < -0.3 is 15.0 Å². The topological polar surface area (TPSA) is 100 Å². The first kappa shape index (κ1) is 20.7. The number of amides is 1. The summed E-state index contributed by atoms with van der Waals surface area (Å²) in [6.45, 7) is 7.07. The van der Waals surface area contributed by atoms with E-state index in [1.54, 1.807) is 15.4 Å². The Labute approximate surface area is 181 Å². The van der Waals surface area contributed by atoms with Gasteiger partial charge in [0.2, 0.25) is 0 Å². The Morgan fingerprint density at radius 3 is 2.55 bits per heavy atom. The number of anilines is 1. The van der Waals surface area contributed by atoms with Crippen molar-refractivity contribution in [3.05, 3.63) is 36.4 Å². The molecule has 0 aliphatic carbocycles. The molecule has 0 saturated carbocycles. The van der Waals surface area contributed by atoms with Crippen LogP contribution in [-0.4, -0.2) is 50.2 Å². The highest BCUT2D eigenvalue weighted by atomic mass is 16.6. The third kappa shape index (κ3) is 4.48. The first-order chi connectivity index (χ1) is 14.7. The first-order valence-electron chi connectivity index (χ1n) is 10.4. The summed E-state index contributed by atoms with van der Waals surface area (Å²) < 4.78 is 8.90. The summed E-state index contributed by atoms with van der Waals surface area (Å²) in [5.41, 5.74) is 3.76. The second-order valence-corrected chi connectivity index (χ2v) is 8.89. The van der Waals surface area contributed by atoms with Gasteiger partial charge in [-0.1, -0.05) is 0 Å². The molecule has 0 atom stereocenters. The molecule has 1 saturated heterocycles. The number of hydrogen-bond donors (Lipinski definition) is 1. The fraction of sp³-hybridized carbons (Fsp3) is 0.455. The number of carbonyl (C=O) groups excluding carboxylic acids is 1. The third-order valence-electron chi connectivity index (χ3n) is 5.31. The number of hydrogen-bond acceptors (Lipinski definition) is 6. The lowest BCUT2D eigenvalue weighted by Crippen LogP contribution is -2.46. The number of nitrogens with zero attached hydrogens (tertiary/aromatic N) is 6. The van der Waals surface area contributed by atoms with Crippen LogP contribution in [0.1, 0.15) is 39.2 Å². The number of nitriles is 1. The van der Waals surface area contributed by atoms with Crippen LogP contribution < -0.4 is 10.2 Å². The smallest absolute Gasteiger partial charge is 0.407 e. The summed E-state index contributed by atoms with van der Waals surface area (Å²) in [6, 6.07) is 4.40. The SMILES string of the molecule is Cn1cc(-c2cc(N3CCC(NC(=O)OC(C)(C)C)CC3)c3c(C#N)cnn3c2)cn1.